The third-order valence-electron chi connectivity index (χ3n) is 3.09. The Bertz CT molecular complexity index is 566. The molecule has 90 valence electrons. The summed E-state index contributed by atoms with van der Waals surface area (Å²) in [5.41, 5.74) is 2.36. The van der Waals surface area contributed by atoms with Crippen LogP contribution in [0.15, 0.2) is 27.4 Å². The number of anilines is 1. The summed E-state index contributed by atoms with van der Waals surface area (Å²) in [6, 6.07) is 6.12. The molecule has 1 aliphatic heterocycles. The van der Waals surface area contributed by atoms with Gasteiger partial charge in [-0.3, -0.25) is 4.98 Å². The largest absolute Gasteiger partial charge is 0.417 e. The third-order valence-corrected chi connectivity index (χ3v) is 3.09. The van der Waals surface area contributed by atoms with E-state index in [2.05, 4.69) is 15.6 Å². The van der Waals surface area contributed by atoms with Gasteiger partial charge in [-0.05, 0) is 37.6 Å². The first-order valence-corrected chi connectivity index (χ1v) is 5.91. The maximum Gasteiger partial charge on any atom is 0.417 e. The van der Waals surface area contributed by atoms with E-state index in [0.717, 1.165) is 24.3 Å². The summed E-state index contributed by atoms with van der Waals surface area (Å²) in [5.74, 6) is -0.406. The monoisotopic (exact) mass is 233 g/mol. The van der Waals surface area contributed by atoms with Gasteiger partial charge < -0.3 is 15.1 Å². The molecule has 3 rings (SSSR count). The molecule has 1 aromatic carbocycles. The van der Waals surface area contributed by atoms with Gasteiger partial charge in [-0.25, -0.2) is 4.79 Å². The first-order valence-electron chi connectivity index (χ1n) is 5.91. The second-order valence-electron chi connectivity index (χ2n) is 4.41. The van der Waals surface area contributed by atoms with Crippen molar-refractivity contribution in [2.75, 3.05) is 18.4 Å². The van der Waals surface area contributed by atoms with E-state index in [1.54, 1.807) is 0 Å². The molecule has 1 saturated heterocycles. The number of fused-ring (bicyclic) bond motifs is 1. The Morgan fingerprint density at radius 1 is 1.41 bits per heavy atom. The number of hydrogen-bond acceptors (Lipinski definition) is 4. The highest BCUT2D eigenvalue weighted by Crippen LogP contribution is 2.18. The van der Waals surface area contributed by atoms with Crippen molar-refractivity contribution in [3.63, 3.8) is 0 Å². The van der Waals surface area contributed by atoms with Crippen molar-refractivity contribution in [2.24, 2.45) is 0 Å². The molecule has 1 fully saturated rings. The molecule has 0 spiro atoms. The van der Waals surface area contributed by atoms with Gasteiger partial charge in [0.25, 0.3) is 0 Å². The third kappa shape index (κ3) is 2.19. The van der Waals surface area contributed by atoms with Crippen LogP contribution >= 0.6 is 0 Å². The zero-order chi connectivity index (χ0) is 11.7. The van der Waals surface area contributed by atoms with Crippen molar-refractivity contribution in [3.05, 3.63) is 28.7 Å². The molecule has 0 saturated carbocycles. The van der Waals surface area contributed by atoms with E-state index in [1.807, 2.05) is 18.2 Å². The molecule has 2 aromatic rings. The van der Waals surface area contributed by atoms with Crippen LogP contribution in [-0.2, 0) is 0 Å². The quantitative estimate of drug-likeness (QED) is 0.731. The minimum atomic E-state index is -0.406. The average molecular weight is 233 g/mol. The first-order chi connectivity index (χ1) is 8.31. The van der Waals surface area contributed by atoms with Gasteiger partial charge in [-0.1, -0.05) is 0 Å². The molecule has 5 heteroatoms. The molecule has 1 aliphatic rings. The number of rotatable bonds is 2. The summed E-state index contributed by atoms with van der Waals surface area (Å²) in [6.45, 7) is 2.09. The van der Waals surface area contributed by atoms with E-state index in [0.29, 0.717) is 11.6 Å². The van der Waals surface area contributed by atoms with Crippen LogP contribution in [-0.4, -0.2) is 24.1 Å². The lowest BCUT2D eigenvalue weighted by atomic mass is 10.1. The predicted octanol–water partition coefficient (Wildman–Crippen LogP) is 1.28. The normalized spacial score (nSPS) is 20.6. The highest BCUT2D eigenvalue weighted by molar-refractivity contribution is 5.76. The Morgan fingerprint density at radius 3 is 3.18 bits per heavy atom. The van der Waals surface area contributed by atoms with Crippen molar-refractivity contribution < 1.29 is 4.42 Å². The van der Waals surface area contributed by atoms with Gasteiger partial charge in [0.15, 0.2) is 5.58 Å². The summed E-state index contributed by atoms with van der Waals surface area (Å²) < 4.78 is 4.96. The van der Waals surface area contributed by atoms with Crippen LogP contribution in [0.5, 0.6) is 0 Å². The number of aromatic nitrogens is 1. The summed E-state index contributed by atoms with van der Waals surface area (Å²) in [6.07, 6.45) is 2.37. The number of aromatic amines is 1. The van der Waals surface area contributed by atoms with Crippen LogP contribution in [0.3, 0.4) is 0 Å². The van der Waals surface area contributed by atoms with Gasteiger partial charge in [-0.15, -0.1) is 0 Å². The van der Waals surface area contributed by atoms with Crippen molar-refractivity contribution in [2.45, 2.75) is 18.9 Å². The standard InChI is InChI=1S/C12H15N3O2/c16-12-15-10-6-8(3-4-11(10)17-12)14-9-2-1-5-13-7-9/h3-4,6,9,13-14H,1-2,5,7H2,(H,15,16). The maximum atomic E-state index is 11.0. The number of H-pyrrole nitrogens is 1. The Kier molecular flexibility index (Phi) is 2.60. The Balaban J connectivity index is 1.82. The van der Waals surface area contributed by atoms with E-state index < -0.39 is 5.76 Å². The summed E-state index contributed by atoms with van der Waals surface area (Å²) in [4.78, 5) is 13.7. The molecule has 1 atom stereocenters. The second kappa shape index (κ2) is 4.25. The SMILES string of the molecule is O=c1[nH]c2cc(NC3CCCNC3)ccc2o1. The van der Waals surface area contributed by atoms with Gasteiger partial charge in [-0.2, -0.15) is 0 Å². The van der Waals surface area contributed by atoms with Crippen LogP contribution in [0.4, 0.5) is 5.69 Å². The zero-order valence-electron chi connectivity index (χ0n) is 9.45. The Hall–Kier alpha value is -1.75. The van der Waals surface area contributed by atoms with Crippen molar-refractivity contribution in [3.8, 4) is 0 Å². The summed E-state index contributed by atoms with van der Waals surface area (Å²) in [5, 5.41) is 6.81. The molecule has 1 unspecified atom stereocenters. The van der Waals surface area contributed by atoms with Crippen LogP contribution < -0.4 is 16.4 Å². The van der Waals surface area contributed by atoms with Crippen LogP contribution in [0.2, 0.25) is 0 Å². The van der Waals surface area contributed by atoms with E-state index >= 15 is 0 Å². The molecule has 0 bridgehead atoms. The minimum Gasteiger partial charge on any atom is -0.408 e. The molecule has 0 aliphatic carbocycles. The molecule has 5 nitrogen and oxygen atoms in total. The van der Waals surface area contributed by atoms with E-state index in [9.17, 15) is 4.79 Å². The minimum absolute atomic E-state index is 0.406. The van der Waals surface area contributed by atoms with Gasteiger partial charge >= 0.3 is 5.76 Å². The Morgan fingerprint density at radius 2 is 2.35 bits per heavy atom. The molecule has 0 amide bonds. The lowest BCUT2D eigenvalue weighted by Crippen LogP contribution is -2.38. The van der Waals surface area contributed by atoms with Crippen molar-refractivity contribution in [1.29, 1.82) is 0 Å². The highest BCUT2D eigenvalue weighted by Gasteiger charge is 2.12. The number of nitrogens with one attached hydrogen (secondary N) is 3. The predicted molar refractivity (Wildman–Crippen MR) is 66.3 cm³/mol. The molecule has 3 N–H and O–H groups in total. The fourth-order valence-corrected chi connectivity index (χ4v) is 2.25. The van der Waals surface area contributed by atoms with Crippen molar-refractivity contribution >= 4 is 16.8 Å². The number of hydrogen-bond donors (Lipinski definition) is 3. The number of benzene rings is 1. The fourth-order valence-electron chi connectivity index (χ4n) is 2.25. The van der Waals surface area contributed by atoms with Gasteiger partial charge in [0.2, 0.25) is 0 Å². The molecule has 2 heterocycles. The first kappa shape index (κ1) is 10.4. The van der Waals surface area contributed by atoms with Crippen molar-refractivity contribution in [1.82, 2.24) is 10.3 Å². The van der Waals surface area contributed by atoms with E-state index in [4.69, 9.17) is 4.42 Å². The number of piperidine rings is 1. The van der Waals surface area contributed by atoms with Gasteiger partial charge in [0, 0.05) is 18.3 Å². The molecular weight excluding hydrogens is 218 g/mol. The second-order valence-corrected chi connectivity index (χ2v) is 4.41. The molecule has 0 radical (unpaired) electrons. The lowest BCUT2D eigenvalue weighted by molar-refractivity contribution is 0.480. The summed E-state index contributed by atoms with van der Waals surface area (Å²) in [7, 11) is 0. The van der Waals surface area contributed by atoms with Crippen LogP contribution in [0, 0.1) is 0 Å². The molecular formula is C12H15N3O2. The highest BCUT2D eigenvalue weighted by atomic mass is 16.4. The number of oxazole rings is 1. The smallest absolute Gasteiger partial charge is 0.408 e. The average Bonchev–Trinajstić information content (AvgIpc) is 2.70. The van der Waals surface area contributed by atoms with Crippen LogP contribution in [0.1, 0.15) is 12.8 Å². The lowest BCUT2D eigenvalue weighted by Gasteiger charge is -2.24. The summed E-state index contributed by atoms with van der Waals surface area (Å²) >= 11 is 0. The topological polar surface area (TPSA) is 70.1 Å². The fraction of sp³-hybridized carbons (Fsp3) is 0.417. The van der Waals surface area contributed by atoms with Crippen LogP contribution in [0.25, 0.3) is 11.1 Å². The van der Waals surface area contributed by atoms with E-state index in [-0.39, 0.29) is 0 Å². The van der Waals surface area contributed by atoms with Gasteiger partial charge in [0.05, 0.1) is 5.52 Å². The molecule has 17 heavy (non-hydrogen) atoms. The van der Waals surface area contributed by atoms with E-state index in [1.165, 1.54) is 12.8 Å². The van der Waals surface area contributed by atoms with Gasteiger partial charge in [0.1, 0.15) is 0 Å². The zero-order valence-corrected chi connectivity index (χ0v) is 9.45. The molecule has 1 aromatic heterocycles. The maximum absolute atomic E-state index is 11.0. The Labute approximate surface area is 98.2 Å².